The average molecular weight is 386 g/mol. The first kappa shape index (κ1) is 19.9. The highest BCUT2D eigenvalue weighted by molar-refractivity contribution is 5.73. The molecule has 0 amide bonds. The number of aliphatic carboxylic acids is 1. The van der Waals surface area contributed by atoms with Crippen molar-refractivity contribution in [3.05, 3.63) is 54.0 Å². The van der Waals surface area contributed by atoms with E-state index in [9.17, 15) is 17.6 Å². The minimum Gasteiger partial charge on any atom is -0.496 e. The third-order valence-electron chi connectivity index (χ3n) is 3.24. The van der Waals surface area contributed by atoms with Gasteiger partial charge in [-0.3, -0.25) is 4.40 Å². The molecule has 0 fully saturated rings. The maximum Gasteiger partial charge on any atom is 0.490 e. The van der Waals surface area contributed by atoms with Crippen LogP contribution in [0.3, 0.4) is 0 Å². The number of methoxy groups -OCH3 is 1. The summed E-state index contributed by atoms with van der Waals surface area (Å²) in [4.78, 5) is 8.90. The second kappa shape index (κ2) is 8.34. The molecule has 11 heteroatoms. The summed E-state index contributed by atoms with van der Waals surface area (Å²) in [6.07, 6.45) is -3.21. The second-order valence-corrected chi connectivity index (χ2v) is 5.07. The van der Waals surface area contributed by atoms with Crippen LogP contribution in [0, 0.1) is 5.82 Å². The van der Waals surface area contributed by atoms with Crippen molar-refractivity contribution in [2.75, 3.05) is 12.4 Å². The minimum atomic E-state index is -5.08. The molecule has 0 aliphatic rings. The number of carbonyl (C=O) groups is 1. The van der Waals surface area contributed by atoms with E-state index < -0.39 is 12.1 Å². The zero-order valence-corrected chi connectivity index (χ0v) is 13.9. The Bertz CT molecular complexity index is 927. The predicted octanol–water partition coefficient (Wildman–Crippen LogP) is 3.12. The molecule has 2 heterocycles. The van der Waals surface area contributed by atoms with Crippen molar-refractivity contribution in [2.24, 2.45) is 0 Å². The van der Waals surface area contributed by atoms with Gasteiger partial charge in [-0.2, -0.15) is 13.2 Å². The van der Waals surface area contributed by atoms with E-state index >= 15 is 0 Å². The third-order valence-corrected chi connectivity index (χ3v) is 3.24. The number of pyridine rings is 1. The van der Waals surface area contributed by atoms with Crippen molar-refractivity contribution < 1.29 is 32.2 Å². The zero-order chi connectivity index (χ0) is 20.0. The van der Waals surface area contributed by atoms with Gasteiger partial charge < -0.3 is 15.2 Å². The van der Waals surface area contributed by atoms with Crippen LogP contribution < -0.4 is 10.1 Å². The highest BCUT2D eigenvalue weighted by Gasteiger charge is 2.38. The number of carboxylic acids is 1. The van der Waals surface area contributed by atoms with E-state index in [1.165, 1.54) is 19.2 Å². The topological polar surface area (TPSA) is 88.8 Å². The van der Waals surface area contributed by atoms with Crippen molar-refractivity contribution in [2.45, 2.75) is 12.7 Å². The third kappa shape index (κ3) is 5.30. The summed E-state index contributed by atoms with van der Waals surface area (Å²) >= 11 is 0. The first-order valence-corrected chi connectivity index (χ1v) is 7.38. The number of fused-ring (bicyclic) bond motifs is 1. The average Bonchev–Trinajstić information content (AvgIpc) is 3.03. The fraction of sp³-hybridized carbons (Fsp3) is 0.188. The first-order valence-electron chi connectivity index (χ1n) is 7.38. The Labute approximate surface area is 150 Å². The van der Waals surface area contributed by atoms with Crippen LogP contribution in [-0.4, -0.2) is 39.0 Å². The Hall–Kier alpha value is -3.37. The molecular formula is C16H14F4N4O3. The van der Waals surface area contributed by atoms with Gasteiger partial charge in [0.25, 0.3) is 0 Å². The first-order chi connectivity index (χ1) is 12.7. The molecule has 0 unspecified atom stereocenters. The van der Waals surface area contributed by atoms with Crippen molar-refractivity contribution in [1.29, 1.82) is 0 Å². The number of alkyl halides is 3. The molecule has 3 rings (SSSR count). The molecule has 7 nitrogen and oxygen atoms in total. The van der Waals surface area contributed by atoms with E-state index in [4.69, 9.17) is 14.6 Å². The number of carboxylic acid groups (broad SMARTS) is 1. The van der Waals surface area contributed by atoms with E-state index in [1.807, 2.05) is 28.8 Å². The van der Waals surface area contributed by atoms with Crippen LogP contribution in [0.15, 0.2) is 42.6 Å². The van der Waals surface area contributed by atoms with Crippen LogP contribution in [0.4, 0.5) is 23.5 Å². The zero-order valence-electron chi connectivity index (χ0n) is 13.9. The normalized spacial score (nSPS) is 10.9. The molecule has 3 aromatic rings. The molecule has 2 aromatic heterocycles. The van der Waals surface area contributed by atoms with Crippen molar-refractivity contribution in [3.8, 4) is 5.75 Å². The molecule has 0 radical (unpaired) electrons. The van der Waals surface area contributed by atoms with Gasteiger partial charge in [0.05, 0.1) is 7.11 Å². The molecule has 0 aliphatic heterocycles. The molecule has 0 aliphatic carbocycles. The van der Waals surface area contributed by atoms with Crippen molar-refractivity contribution in [1.82, 2.24) is 14.6 Å². The summed E-state index contributed by atoms with van der Waals surface area (Å²) in [5.74, 6) is -1.94. The smallest absolute Gasteiger partial charge is 0.490 e. The largest absolute Gasteiger partial charge is 0.496 e. The minimum absolute atomic E-state index is 0.321. The summed E-state index contributed by atoms with van der Waals surface area (Å²) in [5.41, 5.74) is 1.61. The number of nitrogens with one attached hydrogen (secondary N) is 1. The molecule has 27 heavy (non-hydrogen) atoms. The van der Waals surface area contributed by atoms with Gasteiger partial charge in [0.1, 0.15) is 11.6 Å². The van der Waals surface area contributed by atoms with Gasteiger partial charge in [-0.1, -0.05) is 12.1 Å². The Morgan fingerprint density at radius 3 is 2.59 bits per heavy atom. The van der Waals surface area contributed by atoms with E-state index in [0.717, 1.165) is 11.2 Å². The highest BCUT2D eigenvalue weighted by Crippen LogP contribution is 2.20. The Balaban J connectivity index is 0.000000321. The van der Waals surface area contributed by atoms with E-state index in [0.29, 0.717) is 18.2 Å². The number of benzene rings is 1. The standard InChI is InChI=1S/C14H13FN4O.C2HF3O2/c1-20-12-8-11(15)6-5-10(12)9-16-14-18-17-13-4-2-3-7-19(13)14;3-2(4,5)1(6)7/h2-8H,9H2,1H3,(H,16,18);(H,6,7). The number of nitrogens with zero attached hydrogens (tertiary/aromatic N) is 3. The number of hydrogen-bond donors (Lipinski definition) is 2. The molecule has 144 valence electrons. The highest BCUT2D eigenvalue weighted by atomic mass is 19.4. The lowest BCUT2D eigenvalue weighted by atomic mass is 10.2. The van der Waals surface area contributed by atoms with Gasteiger partial charge in [0, 0.05) is 24.4 Å². The van der Waals surface area contributed by atoms with Crippen LogP contribution in [0.25, 0.3) is 5.65 Å². The van der Waals surface area contributed by atoms with Gasteiger partial charge in [-0.05, 0) is 18.2 Å². The van der Waals surface area contributed by atoms with Gasteiger partial charge in [-0.25, -0.2) is 9.18 Å². The summed E-state index contributed by atoms with van der Waals surface area (Å²) in [5, 5.41) is 18.4. The number of anilines is 1. The van der Waals surface area contributed by atoms with Crippen LogP contribution in [0.2, 0.25) is 0 Å². The molecule has 0 bridgehead atoms. The fourth-order valence-corrected chi connectivity index (χ4v) is 2.00. The maximum atomic E-state index is 13.1. The predicted molar refractivity (Wildman–Crippen MR) is 87.0 cm³/mol. The van der Waals surface area contributed by atoms with Crippen molar-refractivity contribution >= 4 is 17.6 Å². The monoisotopic (exact) mass is 386 g/mol. The fourth-order valence-electron chi connectivity index (χ4n) is 2.00. The van der Waals surface area contributed by atoms with Gasteiger partial charge in [0.2, 0.25) is 5.95 Å². The quantitative estimate of drug-likeness (QED) is 0.670. The van der Waals surface area contributed by atoms with Crippen LogP contribution in [0.1, 0.15) is 5.56 Å². The van der Waals surface area contributed by atoms with E-state index in [2.05, 4.69) is 15.5 Å². The number of aromatic nitrogens is 3. The van der Waals surface area contributed by atoms with Crippen LogP contribution >= 0.6 is 0 Å². The van der Waals surface area contributed by atoms with Crippen LogP contribution in [-0.2, 0) is 11.3 Å². The molecule has 0 saturated carbocycles. The molecule has 1 aromatic carbocycles. The van der Waals surface area contributed by atoms with Crippen molar-refractivity contribution in [3.63, 3.8) is 0 Å². The molecule has 0 atom stereocenters. The summed E-state index contributed by atoms with van der Waals surface area (Å²) in [6.45, 7) is 0.471. The Kier molecular flexibility index (Phi) is 6.16. The van der Waals surface area contributed by atoms with E-state index in [-0.39, 0.29) is 5.82 Å². The second-order valence-electron chi connectivity index (χ2n) is 5.07. The summed E-state index contributed by atoms with van der Waals surface area (Å²) < 4.78 is 51.9. The Morgan fingerprint density at radius 2 is 1.96 bits per heavy atom. The van der Waals surface area contributed by atoms with Crippen LogP contribution in [0.5, 0.6) is 5.75 Å². The lowest BCUT2D eigenvalue weighted by Gasteiger charge is -2.09. The molecule has 0 saturated heterocycles. The maximum absolute atomic E-state index is 13.1. The summed E-state index contributed by atoms with van der Waals surface area (Å²) in [6, 6.07) is 10.1. The lowest BCUT2D eigenvalue weighted by molar-refractivity contribution is -0.192. The lowest BCUT2D eigenvalue weighted by Crippen LogP contribution is -2.21. The van der Waals surface area contributed by atoms with E-state index in [1.54, 1.807) is 6.07 Å². The molecule has 2 N–H and O–H groups in total. The Morgan fingerprint density at radius 1 is 1.26 bits per heavy atom. The SMILES string of the molecule is COc1cc(F)ccc1CNc1nnc2ccccn12.O=C(O)C(F)(F)F. The van der Waals surface area contributed by atoms with Gasteiger partial charge in [0.15, 0.2) is 5.65 Å². The number of halogens is 4. The van der Waals surface area contributed by atoms with Gasteiger partial charge in [-0.15, -0.1) is 10.2 Å². The number of rotatable bonds is 4. The number of ether oxygens (including phenoxy) is 1. The number of hydrogen-bond acceptors (Lipinski definition) is 5. The molecular weight excluding hydrogens is 372 g/mol. The molecule has 0 spiro atoms. The van der Waals surface area contributed by atoms with Gasteiger partial charge >= 0.3 is 12.1 Å². The summed E-state index contributed by atoms with van der Waals surface area (Å²) in [7, 11) is 1.52.